The fraction of sp³-hybridized carbons (Fsp3) is 0.500. The van der Waals surface area contributed by atoms with Crippen molar-refractivity contribution in [1.29, 1.82) is 0 Å². The summed E-state index contributed by atoms with van der Waals surface area (Å²) in [5.41, 5.74) is 1.00. The van der Waals surface area contributed by atoms with Crippen LogP contribution in [0, 0.1) is 0 Å². The Morgan fingerprint density at radius 1 is 0.568 bits per heavy atom. The Labute approximate surface area is 285 Å². The van der Waals surface area contributed by atoms with E-state index in [4.69, 9.17) is 98.0 Å². The van der Waals surface area contributed by atoms with E-state index in [0.717, 1.165) is 0 Å². The van der Waals surface area contributed by atoms with Crippen molar-refractivity contribution in [2.24, 2.45) is 0 Å². The van der Waals surface area contributed by atoms with Gasteiger partial charge >= 0.3 is 0 Å². The van der Waals surface area contributed by atoms with E-state index in [-0.39, 0.29) is 64.7 Å². The molecule has 1 aliphatic heterocycles. The molecule has 1 aliphatic rings. The minimum atomic E-state index is -1.82. The van der Waals surface area contributed by atoms with Gasteiger partial charge in [-0.15, -0.1) is 0 Å². The van der Waals surface area contributed by atoms with Crippen LogP contribution >= 0.6 is 69.6 Å². The van der Waals surface area contributed by atoms with E-state index < -0.39 is 19.7 Å². The molecule has 2 N–H and O–H groups in total. The lowest BCUT2D eigenvalue weighted by molar-refractivity contribution is -0.120. The van der Waals surface area contributed by atoms with Crippen molar-refractivity contribution in [2.45, 2.75) is 33.5 Å². The first-order valence-electron chi connectivity index (χ1n) is 13.4. The van der Waals surface area contributed by atoms with Gasteiger partial charge in [0.1, 0.15) is 38.5 Å². The van der Waals surface area contributed by atoms with E-state index in [2.05, 4.69) is 10.6 Å². The maximum Gasteiger partial charge on any atom is 0.217 e. The molecule has 1 heterocycles. The number of benzene rings is 2. The third kappa shape index (κ3) is 11.9. The fourth-order valence-corrected chi connectivity index (χ4v) is 5.12. The third-order valence-electron chi connectivity index (χ3n) is 5.89. The maximum absolute atomic E-state index is 11.7. The van der Waals surface area contributed by atoms with E-state index in [9.17, 15) is 9.59 Å². The molecule has 0 unspecified atom stereocenters. The number of alkyl halides is 6. The summed E-state index contributed by atoms with van der Waals surface area (Å²) in [5.74, 6) is 0.847. The van der Waals surface area contributed by atoms with Crippen molar-refractivity contribution in [1.82, 2.24) is 10.6 Å². The molecule has 0 bridgehead atoms. The number of ether oxygens (including phenoxy) is 6. The molecular formula is C28H32Cl6N2O8. The second kappa shape index (κ2) is 17.2. The lowest BCUT2D eigenvalue weighted by Gasteiger charge is -2.26. The van der Waals surface area contributed by atoms with Crippen molar-refractivity contribution in [3.63, 3.8) is 0 Å². The molecule has 0 aliphatic carbocycles. The van der Waals surface area contributed by atoms with Crippen molar-refractivity contribution in [3.8, 4) is 23.0 Å². The summed E-state index contributed by atoms with van der Waals surface area (Å²) in [6.07, 6.45) is 0. The first-order valence-corrected chi connectivity index (χ1v) is 15.6. The summed E-state index contributed by atoms with van der Waals surface area (Å²) in [5, 5.41) is 5.29. The lowest BCUT2D eigenvalue weighted by Crippen LogP contribution is -2.35. The molecule has 0 fully saturated rings. The SMILES string of the molecule is CC(=O)N[C@H](c1ccc2c(c1)OCCOCCOc1cc([C@@H](NC(C)=O)C(Cl)(Cl)Cl)ccc1OCCOCCO2)C(Cl)(Cl)Cl. The Kier molecular flexibility index (Phi) is 14.4. The number of carbonyl (C=O) groups is 2. The van der Waals surface area contributed by atoms with Gasteiger partial charge in [-0.25, -0.2) is 0 Å². The average Bonchev–Trinajstić information content (AvgIpc) is 2.93. The highest BCUT2D eigenvalue weighted by molar-refractivity contribution is 6.68. The van der Waals surface area contributed by atoms with Crippen LogP contribution in [-0.2, 0) is 19.1 Å². The molecule has 2 aromatic rings. The molecule has 2 aromatic carbocycles. The van der Waals surface area contributed by atoms with Gasteiger partial charge in [-0.2, -0.15) is 0 Å². The standard InChI is InChI=1S/C28H32Cl6N2O8/c1-17(37)35-25(27(29,30)31)19-3-5-21-23(15-19)43-13-9-40-10-14-44-24-16-20(26(28(32,33)34)36-18(2)38)4-6-22(24)42-12-8-39-7-11-41-21/h3-6,15-16,25-26H,7-14H2,1-2H3,(H,35,37)(H,36,38)/t25-,26-/m1/s1. The first-order chi connectivity index (χ1) is 20.8. The largest absolute Gasteiger partial charge is 0.487 e. The average molecular weight is 737 g/mol. The predicted molar refractivity (Wildman–Crippen MR) is 170 cm³/mol. The number of rotatable bonds is 4. The molecule has 16 heteroatoms. The first kappa shape index (κ1) is 36.7. The van der Waals surface area contributed by atoms with Gasteiger partial charge in [0.05, 0.1) is 26.4 Å². The molecule has 244 valence electrons. The number of hydrogen-bond acceptors (Lipinski definition) is 8. The molecule has 10 nitrogen and oxygen atoms in total. The summed E-state index contributed by atoms with van der Waals surface area (Å²) in [7, 11) is 0. The van der Waals surface area contributed by atoms with Gasteiger partial charge in [0.2, 0.25) is 19.4 Å². The van der Waals surface area contributed by atoms with Gasteiger partial charge in [0.15, 0.2) is 23.0 Å². The fourth-order valence-electron chi connectivity index (χ4n) is 4.03. The molecule has 44 heavy (non-hydrogen) atoms. The van der Waals surface area contributed by atoms with Crippen LogP contribution in [0.1, 0.15) is 37.1 Å². The maximum atomic E-state index is 11.7. The van der Waals surface area contributed by atoms with E-state index in [1.165, 1.54) is 13.8 Å². The number of fused-ring (bicyclic) bond motifs is 2. The van der Waals surface area contributed by atoms with Crippen LogP contribution in [-0.4, -0.2) is 72.3 Å². The molecule has 2 atom stereocenters. The smallest absolute Gasteiger partial charge is 0.217 e. The molecular weight excluding hydrogens is 705 g/mol. The minimum absolute atomic E-state index is 0.153. The summed E-state index contributed by atoms with van der Waals surface area (Å²) in [4.78, 5) is 23.5. The van der Waals surface area contributed by atoms with E-state index in [0.29, 0.717) is 34.1 Å². The minimum Gasteiger partial charge on any atom is -0.487 e. The zero-order valence-corrected chi connectivity index (χ0v) is 28.3. The van der Waals surface area contributed by atoms with Gasteiger partial charge in [0.25, 0.3) is 0 Å². The molecule has 0 radical (unpaired) electrons. The highest BCUT2D eigenvalue weighted by Crippen LogP contribution is 2.43. The number of nitrogens with one attached hydrogen (secondary N) is 2. The zero-order valence-electron chi connectivity index (χ0n) is 23.8. The highest BCUT2D eigenvalue weighted by Gasteiger charge is 2.36. The second-order valence-electron chi connectivity index (χ2n) is 9.38. The molecule has 0 saturated carbocycles. The Hall–Kier alpha value is -1.76. The Morgan fingerprint density at radius 2 is 0.886 bits per heavy atom. The molecule has 2 amide bonds. The molecule has 0 aromatic heterocycles. The molecule has 0 spiro atoms. The van der Waals surface area contributed by atoms with Gasteiger partial charge in [-0.1, -0.05) is 81.7 Å². The van der Waals surface area contributed by atoms with Gasteiger partial charge in [0, 0.05) is 13.8 Å². The quantitative estimate of drug-likeness (QED) is 0.366. The van der Waals surface area contributed by atoms with Crippen LogP contribution in [0.5, 0.6) is 23.0 Å². The summed E-state index contributed by atoms with van der Waals surface area (Å²) >= 11 is 36.8. The highest BCUT2D eigenvalue weighted by atomic mass is 35.6. The van der Waals surface area contributed by atoms with Crippen LogP contribution in [0.3, 0.4) is 0 Å². The Morgan fingerprint density at radius 3 is 1.18 bits per heavy atom. The van der Waals surface area contributed by atoms with Crippen LogP contribution in [0.2, 0.25) is 0 Å². The van der Waals surface area contributed by atoms with Crippen LogP contribution < -0.4 is 29.6 Å². The third-order valence-corrected chi connectivity index (χ3v) is 7.20. The number of halogens is 6. The summed E-state index contributed by atoms with van der Waals surface area (Å²) in [6.45, 7) is 4.28. The van der Waals surface area contributed by atoms with Crippen molar-refractivity contribution >= 4 is 81.4 Å². The number of amides is 2. The summed E-state index contributed by atoms with van der Waals surface area (Å²) < 4.78 is 31.3. The number of carbonyl (C=O) groups excluding carboxylic acids is 2. The van der Waals surface area contributed by atoms with Crippen molar-refractivity contribution in [3.05, 3.63) is 47.5 Å². The van der Waals surface area contributed by atoms with Gasteiger partial charge in [-0.05, 0) is 35.4 Å². The normalized spacial score (nSPS) is 16.9. The van der Waals surface area contributed by atoms with E-state index in [1.807, 2.05) is 0 Å². The summed E-state index contributed by atoms with van der Waals surface area (Å²) in [6, 6.07) is 8.07. The predicted octanol–water partition coefficient (Wildman–Crippen LogP) is 6.04. The van der Waals surface area contributed by atoms with Crippen LogP contribution in [0.4, 0.5) is 0 Å². The van der Waals surface area contributed by atoms with Crippen LogP contribution in [0.25, 0.3) is 0 Å². The van der Waals surface area contributed by atoms with Crippen LogP contribution in [0.15, 0.2) is 36.4 Å². The molecule has 3 rings (SSSR count). The van der Waals surface area contributed by atoms with E-state index in [1.54, 1.807) is 36.4 Å². The van der Waals surface area contributed by atoms with Crippen molar-refractivity contribution < 1.29 is 38.0 Å². The monoisotopic (exact) mass is 734 g/mol. The zero-order chi connectivity index (χ0) is 32.3. The Bertz CT molecular complexity index is 1160. The van der Waals surface area contributed by atoms with E-state index >= 15 is 0 Å². The lowest BCUT2D eigenvalue weighted by atomic mass is 10.1. The number of hydrogen-bond donors (Lipinski definition) is 2. The molecule has 0 saturated heterocycles. The van der Waals surface area contributed by atoms with Gasteiger partial charge < -0.3 is 39.1 Å². The van der Waals surface area contributed by atoms with Crippen molar-refractivity contribution in [2.75, 3.05) is 52.9 Å². The second-order valence-corrected chi connectivity index (χ2v) is 14.1. The van der Waals surface area contributed by atoms with Gasteiger partial charge in [-0.3, -0.25) is 9.59 Å². The topological polar surface area (TPSA) is 114 Å². The Balaban J connectivity index is 1.73.